The van der Waals surface area contributed by atoms with Gasteiger partial charge in [-0.3, -0.25) is 9.69 Å². The number of fused-ring (bicyclic) bond motifs is 4. The maximum Gasteiger partial charge on any atom is 0.195 e. The zero-order valence-corrected chi connectivity index (χ0v) is 26.5. The van der Waals surface area contributed by atoms with Crippen molar-refractivity contribution in [1.29, 1.82) is 0 Å². The lowest BCUT2D eigenvalue weighted by Crippen LogP contribution is -2.52. The molecule has 0 spiro atoms. The summed E-state index contributed by atoms with van der Waals surface area (Å²) in [4.78, 5) is 25.1. The third-order valence-electron chi connectivity index (χ3n) is 9.10. The first-order valence-electron chi connectivity index (χ1n) is 14.7. The van der Waals surface area contributed by atoms with Crippen LogP contribution in [0.1, 0.15) is 59.4 Å². The molecule has 2 aliphatic heterocycles. The number of aromatic amines is 1. The molecule has 1 aromatic heterocycles. The van der Waals surface area contributed by atoms with E-state index >= 15 is 0 Å². The molecule has 0 unspecified atom stereocenters. The Labute approximate surface area is 244 Å². The van der Waals surface area contributed by atoms with Gasteiger partial charge in [0.05, 0.1) is 16.3 Å². The molecular weight excluding hydrogens is 532 g/mol. The average molecular weight is 573 g/mol. The Kier molecular flexibility index (Phi) is 6.94. The van der Waals surface area contributed by atoms with Gasteiger partial charge < -0.3 is 14.8 Å². The van der Waals surface area contributed by atoms with Crippen molar-refractivity contribution in [2.24, 2.45) is 0 Å². The van der Waals surface area contributed by atoms with Crippen LogP contribution < -0.4 is 4.90 Å². The maximum absolute atomic E-state index is 14.0. The highest BCUT2D eigenvalue weighted by molar-refractivity contribution is 6.83. The molecule has 2 saturated heterocycles. The number of hydrogen-bond acceptors (Lipinski definition) is 4. The number of rotatable bonds is 2. The van der Waals surface area contributed by atoms with Crippen LogP contribution in [0.5, 0.6) is 0 Å². The van der Waals surface area contributed by atoms with Crippen LogP contribution in [0.25, 0.3) is 10.9 Å². The first kappa shape index (κ1) is 27.6. The van der Waals surface area contributed by atoms with E-state index in [1.165, 1.54) is 0 Å². The summed E-state index contributed by atoms with van der Waals surface area (Å²) in [5, 5.41) is 1.64. The minimum atomic E-state index is -1.48. The fourth-order valence-corrected chi connectivity index (χ4v) is 7.48. The Hall–Kier alpha value is -2.56. The minimum absolute atomic E-state index is 0.0544. The van der Waals surface area contributed by atoms with E-state index < -0.39 is 8.07 Å². The van der Waals surface area contributed by atoms with Crippen molar-refractivity contribution in [3.8, 4) is 11.5 Å². The van der Waals surface area contributed by atoms with Gasteiger partial charge in [0, 0.05) is 78.4 Å². The van der Waals surface area contributed by atoms with Crippen molar-refractivity contribution in [3.63, 3.8) is 0 Å². The topological polar surface area (TPSA) is 42.6 Å². The molecule has 5 nitrogen and oxygen atoms in total. The van der Waals surface area contributed by atoms with Gasteiger partial charge in [-0.1, -0.05) is 57.1 Å². The van der Waals surface area contributed by atoms with E-state index in [0.29, 0.717) is 11.1 Å². The highest BCUT2D eigenvalue weighted by atomic mass is 35.5. The summed E-state index contributed by atoms with van der Waals surface area (Å²) in [6, 6.07) is 11.0. The molecule has 7 heteroatoms. The lowest BCUT2D eigenvalue weighted by atomic mass is 9.71. The van der Waals surface area contributed by atoms with E-state index in [-0.39, 0.29) is 11.2 Å². The van der Waals surface area contributed by atoms with Crippen LogP contribution in [0, 0.1) is 11.5 Å². The minimum Gasteiger partial charge on any atom is -0.370 e. The predicted octanol–water partition coefficient (Wildman–Crippen LogP) is 6.14. The summed E-state index contributed by atoms with van der Waals surface area (Å²) in [6.07, 6.45) is 2.29. The van der Waals surface area contributed by atoms with Crippen LogP contribution in [0.4, 0.5) is 5.69 Å². The Bertz CT molecular complexity index is 1540. The van der Waals surface area contributed by atoms with Crippen LogP contribution in [0.2, 0.25) is 24.7 Å². The summed E-state index contributed by atoms with van der Waals surface area (Å²) in [6.45, 7) is 17.8. The summed E-state index contributed by atoms with van der Waals surface area (Å²) >= 11 is 6.94. The second-order valence-electron chi connectivity index (χ2n) is 13.5. The van der Waals surface area contributed by atoms with Crippen molar-refractivity contribution in [3.05, 3.63) is 63.3 Å². The van der Waals surface area contributed by atoms with Crippen LogP contribution in [0.15, 0.2) is 30.3 Å². The quantitative estimate of drug-likeness (QED) is 0.296. The molecule has 3 aliphatic rings. The summed E-state index contributed by atoms with van der Waals surface area (Å²) < 4.78 is 0. The number of ketones is 1. The van der Waals surface area contributed by atoms with Gasteiger partial charge in [-0.25, -0.2) is 0 Å². The molecule has 6 rings (SSSR count). The normalized spacial score (nSPS) is 20.3. The zero-order valence-electron chi connectivity index (χ0n) is 24.7. The number of hydrogen-bond donors (Lipinski definition) is 1. The molecule has 0 saturated carbocycles. The number of piperazine rings is 1. The molecule has 1 N–H and O–H groups in total. The Morgan fingerprint density at radius 2 is 1.70 bits per heavy atom. The average Bonchev–Trinajstić information content (AvgIpc) is 3.31. The highest BCUT2D eigenvalue weighted by Gasteiger charge is 2.41. The molecule has 40 heavy (non-hydrogen) atoms. The fourth-order valence-electron chi connectivity index (χ4n) is 6.68. The van der Waals surface area contributed by atoms with Crippen LogP contribution >= 0.6 is 11.6 Å². The van der Waals surface area contributed by atoms with Gasteiger partial charge in [0.1, 0.15) is 8.07 Å². The molecular formula is C33H41ClN4OSi. The van der Waals surface area contributed by atoms with Crippen molar-refractivity contribution in [2.75, 3.05) is 51.2 Å². The number of carbonyl (C=O) groups excluding carboxylic acids is 1. The Morgan fingerprint density at radius 3 is 2.38 bits per heavy atom. The Morgan fingerprint density at radius 1 is 1.00 bits per heavy atom. The molecule has 210 valence electrons. The van der Waals surface area contributed by atoms with E-state index in [0.717, 1.165) is 96.6 Å². The second kappa shape index (κ2) is 10.1. The van der Waals surface area contributed by atoms with Gasteiger partial charge in [0.2, 0.25) is 0 Å². The molecule has 2 fully saturated rings. The Balaban J connectivity index is 1.30. The third-order valence-corrected chi connectivity index (χ3v) is 10.3. The lowest BCUT2D eigenvalue weighted by Gasteiger charge is -2.43. The number of aromatic nitrogens is 1. The van der Waals surface area contributed by atoms with Crippen molar-refractivity contribution < 1.29 is 4.79 Å². The van der Waals surface area contributed by atoms with Gasteiger partial charge in [0.15, 0.2) is 5.78 Å². The molecule has 2 aromatic carbocycles. The summed E-state index contributed by atoms with van der Waals surface area (Å²) in [5.74, 6) is 3.42. The van der Waals surface area contributed by atoms with E-state index in [1.807, 2.05) is 12.1 Å². The number of nitrogens with one attached hydrogen (secondary N) is 1. The molecule has 0 radical (unpaired) electrons. The summed E-state index contributed by atoms with van der Waals surface area (Å²) in [7, 11) is 0.732. The molecule has 0 amide bonds. The van der Waals surface area contributed by atoms with Gasteiger partial charge in [-0.05, 0) is 49.7 Å². The van der Waals surface area contributed by atoms with E-state index in [1.54, 1.807) is 0 Å². The first-order valence-corrected chi connectivity index (χ1v) is 18.6. The number of nitrogens with zero attached hydrogens (tertiary/aromatic N) is 3. The molecule has 3 aromatic rings. The number of carbonyl (C=O) groups is 1. The number of halogens is 1. The smallest absolute Gasteiger partial charge is 0.195 e. The SMILES string of the molecule is CN1CCN(C2CCN(c3cc4c(cc3Cl)C(=O)c3c([nH]c5cc(C#C[Si](C)(C)C)ccc35)C4(C)C)CC2)CC1. The molecule has 1 aliphatic carbocycles. The molecule has 0 bridgehead atoms. The van der Waals surface area contributed by atoms with Crippen LogP contribution in [-0.4, -0.2) is 81.0 Å². The zero-order chi connectivity index (χ0) is 28.4. The van der Waals surface area contributed by atoms with Gasteiger partial charge in [-0.2, -0.15) is 0 Å². The second-order valence-corrected chi connectivity index (χ2v) is 18.7. The van der Waals surface area contributed by atoms with Crippen molar-refractivity contribution in [1.82, 2.24) is 14.8 Å². The number of benzene rings is 2. The monoisotopic (exact) mass is 572 g/mol. The van der Waals surface area contributed by atoms with Crippen molar-refractivity contribution >= 4 is 42.0 Å². The predicted molar refractivity (Wildman–Crippen MR) is 170 cm³/mol. The third kappa shape index (κ3) is 4.92. The van der Waals surface area contributed by atoms with E-state index in [9.17, 15) is 4.79 Å². The van der Waals surface area contributed by atoms with Gasteiger partial charge in [-0.15, -0.1) is 5.54 Å². The van der Waals surface area contributed by atoms with Crippen LogP contribution in [0.3, 0.4) is 0 Å². The number of anilines is 1. The fraction of sp³-hybridized carbons (Fsp3) is 0.485. The number of piperidine rings is 1. The largest absolute Gasteiger partial charge is 0.370 e. The highest BCUT2D eigenvalue weighted by Crippen LogP contribution is 2.46. The maximum atomic E-state index is 14.0. The van der Waals surface area contributed by atoms with Gasteiger partial charge in [0.25, 0.3) is 0 Å². The standard InChI is InChI=1S/C33H41ClN4OSi/c1-33(2)26-21-29(38-12-9-23(10-13-38)37-16-14-36(3)15-17-37)27(34)20-25(26)31(39)30-24-8-7-22(11-18-40(4,5)6)19-28(24)35-32(30)33/h7-8,19-21,23,35H,9-10,12-17H2,1-6H3. The lowest BCUT2D eigenvalue weighted by molar-refractivity contribution is 0.0982. The molecule has 3 heterocycles. The van der Waals surface area contributed by atoms with Crippen molar-refractivity contribution in [2.45, 2.75) is 57.8 Å². The molecule has 0 atom stereocenters. The van der Waals surface area contributed by atoms with E-state index in [2.05, 4.69) is 89.9 Å². The van der Waals surface area contributed by atoms with E-state index in [4.69, 9.17) is 11.6 Å². The van der Waals surface area contributed by atoms with Gasteiger partial charge >= 0.3 is 0 Å². The van der Waals surface area contributed by atoms with Crippen LogP contribution in [-0.2, 0) is 5.41 Å². The first-order chi connectivity index (χ1) is 18.9. The number of likely N-dealkylation sites (N-methyl/N-ethyl adjacent to an activating group) is 1. The summed E-state index contributed by atoms with van der Waals surface area (Å²) in [5.41, 5.74) is 9.64. The number of H-pyrrole nitrogens is 1.